The Morgan fingerprint density at radius 1 is 0.893 bits per heavy atom. The number of hydrogen-bond donors (Lipinski definition) is 0. The van der Waals surface area contributed by atoms with E-state index in [0.29, 0.717) is 0 Å². The van der Waals surface area contributed by atoms with E-state index in [9.17, 15) is 4.79 Å². The molecule has 28 heavy (non-hydrogen) atoms. The van der Waals surface area contributed by atoms with Crippen molar-refractivity contribution in [3.63, 3.8) is 0 Å². The quantitative estimate of drug-likeness (QED) is 0.603. The van der Waals surface area contributed by atoms with Crippen LogP contribution >= 0.6 is 23.2 Å². The van der Waals surface area contributed by atoms with Crippen LogP contribution in [0.25, 0.3) is 0 Å². The normalized spacial score (nSPS) is 16.4. The van der Waals surface area contributed by atoms with Crippen LogP contribution in [0, 0.1) is 5.92 Å². The van der Waals surface area contributed by atoms with Crippen molar-refractivity contribution in [3.05, 3.63) is 69.7 Å². The van der Waals surface area contributed by atoms with Crippen LogP contribution in [0.3, 0.4) is 0 Å². The zero-order chi connectivity index (χ0) is 20.1. The molecule has 1 saturated heterocycles. The van der Waals surface area contributed by atoms with Gasteiger partial charge in [-0.15, -0.1) is 0 Å². The average Bonchev–Trinajstić information content (AvgIpc) is 2.71. The van der Waals surface area contributed by atoms with Crippen molar-refractivity contribution in [3.8, 4) is 0 Å². The first-order chi connectivity index (χ1) is 13.5. The first kappa shape index (κ1) is 21.2. The molecular formula is C23H28Cl2N2O. The molecule has 2 aromatic carbocycles. The van der Waals surface area contributed by atoms with Gasteiger partial charge < -0.3 is 4.90 Å². The first-order valence-electron chi connectivity index (χ1n) is 10.0. The summed E-state index contributed by atoms with van der Waals surface area (Å²) in [5, 5.41) is 1.47. The molecule has 0 spiro atoms. The molecular weight excluding hydrogens is 391 g/mol. The van der Waals surface area contributed by atoms with Crippen LogP contribution < -0.4 is 0 Å². The molecule has 0 radical (unpaired) electrons. The summed E-state index contributed by atoms with van der Waals surface area (Å²) in [6.45, 7) is 7.41. The van der Waals surface area contributed by atoms with Gasteiger partial charge in [-0.05, 0) is 41.8 Å². The van der Waals surface area contributed by atoms with Crippen molar-refractivity contribution in [2.24, 2.45) is 5.92 Å². The lowest BCUT2D eigenvalue weighted by atomic mass is 9.96. The third-order valence-corrected chi connectivity index (χ3v) is 6.01. The zero-order valence-corrected chi connectivity index (χ0v) is 18.1. The summed E-state index contributed by atoms with van der Waals surface area (Å²) in [4.78, 5) is 17.1. The van der Waals surface area contributed by atoms with Gasteiger partial charge in [0.25, 0.3) is 0 Å². The van der Waals surface area contributed by atoms with Crippen LogP contribution in [-0.2, 0) is 4.79 Å². The highest BCUT2D eigenvalue weighted by molar-refractivity contribution is 6.30. The monoisotopic (exact) mass is 418 g/mol. The molecule has 1 amide bonds. The van der Waals surface area contributed by atoms with Gasteiger partial charge in [0.15, 0.2) is 0 Å². The second-order valence-electron chi connectivity index (χ2n) is 7.56. The molecule has 0 bridgehead atoms. The summed E-state index contributed by atoms with van der Waals surface area (Å²) < 4.78 is 0. The van der Waals surface area contributed by atoms with Gasteiger partial charge in [-0.3, -0.25) is 9.69 Å². The summed E-state index contributed by atoms with van der Waals surface area (Å²) >= 11 is 12.2. The Balaban J connectivity index is 1.77. The van der Waals surface area contributed by atoms with E-state index in [-0.39, 0.29) is 17.9 Å². The Labute approximate surface area is 178 Å². The maximum Gasteiger partial charge on any atom is 0.225 e. The molecule has 0 aromatic heterocycles. The molecule has 150 valence electrons. The molecule has 0 aliphatic carbocycles. The molecule has 0 unspecified atom stereocenters. The fraction of sp³-hybridized carbons (Fsp3) is 0.435. The molecule has 1 fully saturated rings. The summed E-state index contributed by atoms with van der Waals surface area (Å²) in [7, 11) is 0. The summed E-state index contributed by atoms with van der Waals surface area (Å²) in [6, 6.07) is 16.2. The van der Waals surface area contributed by atoms with E-state index in [0.717, 1.165) is 49.1 Å². The highest BCUT2D eigenvalue weighted by atomic mass is 35.5. The second-order valence-corrected chi connectivity index (χ2v) is 8.43. The minimum atomic E-state index is 0.111. The maximum absolute atomic E-state index is 12.7. The molecule has 1 atom stereocenters. The van der Waals surface area contributed by atoms with E-state index in [2.05, 4.69) is 36.1 Å². The number of carbonyl (C=O) groups is 1. The molecule has 1 aliphatic heterocycles. The Morgan fingerprint density at radius 3 is 1.79 bits per heavy atom. The number of benzene rings is 2. The lowest BCUT2D eigenvalue weighted by Crippen LogP contribution is -2.51. The highest BCUT2D eigenvalue weighted by Gasteiger charge is 2.29. The highest BCUT2D eigenvalue weighted by Crippen LogP contribution is 2.31. The van der Waals surface area contributed by atoms with Crippen molar-refractivity contribution in [2.45, 2.75) is 32.7 Å². The van der Waals surface area contributed by atoms with Crippen LogP contribution in [0.4, 0.5) is 0 Å². The van der Waals surface area contributed by atoms with E-state index in [1.165, 1.54) is 11.1 Å². The van der Waals surface area contributed by atoms with E-state index in [4.69, 9.17) is 23.2 Å². The second kappa shape index (κ2) is 9.78. The number of halogens is 2. The molecule has 0 saturated carbocycles. The van der Waals surface area contributed by atoms with Crippen molar-refractivity contribution in [1.82, 2.24) is 9.80 Å². The Bertz CT molecular complexity index is 723. The van der Waals surface area contributed by atoms with E-state index >= 15 is 0 Å². The van der Waals surface area contributed by atoms with Crippen LogP contribution in [-0.4, -0.2) is 41.9 Å². The average molecular weight is 419 g/mol. The number of rotatable bonds is 6. The number of hydrogen-bond acceptors (Lipinski definition) is 2. The van der Waals surface area contributed by atoms with Gasteiger partial charge >= 0.3 is 0 Å². The van der Waals surface area contributed by atoms with E-state index < -0.39 is 0 Å². The summed E-state index contributed by atoms with van der Waals surface area (Å²) in [5.74, 6) is 0.399. The predicted molar refractivity (Wildman–Crippen MR) is 117 cm³/mol. The molecule has 2 aromatic rings. The summed E-state index contributed by atoms with van der Waals surface area (Å²) in [5.41, 5.74) is 2.40. The Kier molecular flexibility index (Phi) is 7.39. The fourth-order valence-corrected chi connectivity index (χ4v) is 4.22. The Morgan fingerprint density at radius 2 is 1.36 bits per heavy atom. The number of nitrogens with zero attached hydrogens (tertiary/aromatic N) is 2. The van der Waals surface area contributed by atoms with Gasteiger partial charge in [0.05, 0.1) is 6.04 Å². The van der Waals surface area contributed by atoms with E-state index in [1.807, 2.05) is 36.1 Å². The van der Waals surface area contributed by atoms with Crippen LogP contribution in [0.5, 0.6) is 0 Å². The van der Waals surface area contributed by atoms with E-state index in [1.54, 1.807) is 0 Å². The third-order valence-electron chi connectivity index (χ3n) is 5.51. The van der Waals surface area contributed by atoms with Crippen molar-refractivity contribution < 1.29 is 4.79 Å². The number of amides is 1. The maximum atomic E-state index is 12.7. The van der Waals surface area contributed by atoms with Gasteiger partial charge in [-0.1, -0.05) is 67.7 Å². The summed E-state index contributed by atoms with van der Waals surface area (Å²) in [6.07, 6.45) is 2.00. The standard InChI is InChI=1S/C23H28Cl2N2O/c1-3-4-17(2)23(28)27-15-13-26(14-16-27)22(18-5-9-20(24)10-6-18)19-7-11-21(25)12-8-19/h5-12,17,22H,3-4,13-16H2,1-2H3/t17-/m1/s1. The van der Waals surface area contributed by atoms with Gasteiger partial charge in [0.1, 0.15) is 0 Å². The lowest BCUT2D eigenvalue weighted by Gasteiger charge is -2.40. The molecule has 1 aliphatic rings. The predicted octanol–water partition coefficient (Wildman–Crippen LogP) is 5.66. The minimum absolute atomic E-state index is 0.111. The molecule has 5 heteroatoms. The molecule has 1 heterocycles. The third kappa shape index (κ3) is 5.08. The van der Waals surface area contributed by atoms with Gasteiger partial charge in [0, 0.05) is 42.1 Å². The fourth-order valence-electron chi connectivity index (χ4n) is 3.97. The topological polar surface area (TPSA) is 23.6 Å². The smallest absolute Gasteiger partial charge is 0.225 e. The zero-order valence-electron chi connectivity index (χ0n) is 16.6. The van der Waals surface area contributed by atoms with Crippen molar-refractivity contribution in [1.29, 1.82) is 0 Å². The van der Waals surface area contributed by atoms with Crippen LogP contribution in [0.1, 0.15) is 43.9 Å². The van der Waals surface area contributed by atoms with Crippen molar-refractivity contribution >= 4 is 29.1 Å². The van der Waals surface area contributed by atoms with Gasteiger partial charge in [-0.25, -0.2) is 0 Å². The van der Waals surface area contributed by atoms with Gasteiger partial charge in [-0.2, -0.15) is 0 Å². The number of piperazine rings is 1. The SMILES string of the molecule is CCC[C@@H](C)C(=O)N1CCN(C(c2ccc(Cl)cc2)c2ccc(Cl)cc2)CC1. The first-order valence-corrected chi connectivity index (χ1v) is 10.8. The largest absolute Gasteiger partial charge is 0.340 e. The van der Waals surface area contributed by atoms with Crippen LogP contribution in [0.2, 0.25) is 10.0 Å². The van der Waals surface area contributed by atoms with Crippen LogP contribution in [0.15, 0.2) is 48.5 Å². The minimum Gasteiger partial charge on any atom is -0.340 e. The lowest BCUT2D eigenvalue weighted by molar-refractivity contribution is -0.137. The number of carbonyl (C=O) groups excluding carboxylic acids is 1. The molecule has 3 nitrogen and oxygen atoms in total. The molecule has 0 N–H and O–H groups in total. The molecule has 3 rings (SSSR count). The van der Waals surface area contributed by atoms with Gasteiger partial charge in [0.2, 0.25) is 5.91 Å². The van der Waals surface area contributed by atoms with Crippen molar-refractivity contribution in [2.75, 3.05) is 26.2 Å². The Hall–Kier alpha value is -1.55.